The van der Waals surface area contributed by atoms with Gasteiger partial charge in [0.25, 0.3) is 0 Å². The third kappa shape index (κ3) is 3.99. The number of allylic oxidation sites excluding steroid dienone is 6. The van der Waals surface area contributed by atoms with Gasteiger partial charge in [-0.05, 0) is 105 Å². The lowest BCUT2D eigenvalue weighted by atomic mass is 9.51. The van der Waals surface area contributed by atoms with E-state index in [4.69, 9.17) is 5.41 Å². The van der Waals surface area contributed by atoms with Crippen molar-refractivity contribution in [3.63, 3.8) is 0 Å². The molecule has 0 spiro atoms. The average Bonchev–Trinajstić information content (AvgIpc) is 3.08. The fourth-order valence-electron chi connectivity index (χ4n) is 7.75. The summed E-state index contributed by atoms with van der Waals surface area (Å²) in [6.45, 7) is 11.0. The third-order valence-corrected chi connectivity index (χ3v) is 9.11. The van der Waals surface area contributed by atoms with Gasteiger partial charge in [0, 0.05) is 6.21 Å². The van der Waals surface area contributed by atoms with Gasteiger partial charge < -0.3 is 5.41 Å². The summed E-state index contributed by atoms with van der Waals surface area (Å²) in [4.78, 5) is 0. The molecule has 6 unspecified atom stereocenters. The van der Waals surface area contributed by atoms with Crippen LogP contribution in [0.4, 0.5) is 0 Å². The highest BCUT2D eigenvalue weighted by Crippen LogP contribution is 2.64. The second-order valence-electron chi connectivity index (χ2n) is 10.3. The maximum Gasteiger partial charge on any atom is 0.0209 e. The predicted molar refractivity (Wildman–Crippen MR) is 127 cm³/mol. The normalized spacial score (nSPS) is 38.6. The molecule has 0 heterocycles. The minimum Gasteiger partial charge on any atom is -0.308 e. The topological polar surface area (TPSA) is 23.9 Å². The van der Waals surface area contributed by atoms with Gasteiger partial charge in [-0.25, -0.2) is 0 Å². The molecule has 0 aliphatic heterocycles. The van der Waals surface area contributed by atoms with Gasteiger partial charge in [0.2, 0.25) is 0 Å². The molecular formula is C28H43N. The fraction of sp³-hybridized carbons (Fsp3) is 0.679. The summed E-state index contributed by atoms with van der Waals surface area (Å²) in [5, 5.41) is 7.60. The van der Waals surface area contributed by atoms with E-state index in [0.29, 0.717) is 11.3 Å². The van der Waals surface area contributed by atoms with Crippen molar-refractivity contribution in [1.82, 2.24) is 0 Å². The molecule has 1 heteroatoms. The molecule has 0 aromatic heterocycles. The minimum absolute atomic E-state index is 0. The average molecular weight is 394 g/mol. The maximum atomic E-state index is 7.60. The number of fused-ring (bicyclic) bond motifs is 5. The van der Waals surface area contributed by atoms with Gasteiger partial charge in [0.15, 0.2) is 0 Å². The lowest BCUT2D eigenvalue weighted by Crippen LogP contribution is -2.45. The summed E-state index contributed by atoms with van der Waals surface area (Å²) >= 11 is 0. The minimum atomic E-state index is 0. The summed E-state index contributed by atoms with van der Waals surface area (Å²) in [5.41, 5.74) is 4.82. The smallest absolute Gasteiger partial charge is 0.0209 e. The SMILES string of the molecule is C.C=C/C=C(\C=N)CCC(=C)C1CCC2C3CC=C4CCCCC4C3CCC12C. The van der Waals surface area contributed by atoms with E-state index in [1.165, 1.54) is 69.6 Å². The fourth-order valence-corrected chi connectivity index (χ4v) is 7.75. The van der Waals surface area contributed by atoms with E-state index in [0.717, 1.165) is 42.1 Å². The molecule has 0 radical (unpaired) electrons. The zero-order chi connectivity index (χ0) is 19.7. The van der Waals surface area contributed by atoms with Crippen LogP contribution in [0.3, 0.4) is 0 Å². The van der Waals surface area contributed by atoms with E-state index < -0.39 is 0 Å². The van der Waals surface area contributed by atoms with E-state index in [9.17, 15) is 0 Å². The van der Waals surface area contributed by atoms with Crippen LogP contribution in [0, 0.1) is 40.4 Å². The Balaban J connectivity index is 0.00000240. The molecule has 6 atom stereocenters. The molecule has 4 rings (SSSR count). The zero-order valence-electron chi connectivity index (χ0n) is 17.9. The van der Waals surface area contributed by atoms with Gasteiger partial charge in [-0.1, -0.05) is 63.3 Å². The first-order valence-corrected chi connectivity index (χ1v) is 11.8. The summed E-state index contributed by atoms with van der Waals surface area (Å²) in [6, 6.07) is 0. The van der Waals surface area contributed by atoms with Crippen molar-refractivity contribution in [2.24, 2.45) is 35.0 Å². The number of rotatable bonds is 6. The van der Waals surface area contributed by atoms with E-state index in [1.54, 1.807) is 6.08 Å². The Morgan fingerprint density at radius 3 is 2.76 bits per heavy atom. The van der Waals surface area contributed by atoms with E-state index >= 15 is 0 Å². The van der Waals surface area contributed by atoms with Gasteiger partial charge in [-0.15, -0.1) is 0 Å². The molecule has 4 aliphatic carbocycles. The molecule has 0 saturated heterocycles. The van der Waals surface area contributed by atoms with Crippen molar-refractivity contribution in [2.45, 2.75) is 85.0 Å². The van der Waals surface area contributed by atoms with Gasteiger partial charge in [-0.2, -0.15) is 0 Å². The molecule has 4 aliphatic rings. The van der Waals surface area contributed by atoms with Crippen molar-refractivity contribution < 1.29 is 0 Å². The van der Waals surface area contributed by atoms with E-state index in [-0.39, 0.29) is 7.43 Å². The second-order valence-corrected chi connectivity index (χ2v) is 10.3. The van der Waals surface area contributed by atoms with Gasteiger partial charge in [0.05, 0.1) is 0 Å². The summed E-state index contributed by atoms with van der Waals surface area (Å²) in [7, 11) is 0. The molecule has 0 bridgehead atoms. The first-order valence-electron chi connectivity index (χ1n) is 11.8. The predicted octanol–water partition coefficient (Wildman–Crippen LogP) is 8.30. The Morgan fingerprint density at radius 1 is 1.17 bits per heavy atom. The lowest BCUT2D eigenvalue weighted by molar-refractivity contribution is -0.00564. The van der Waals surface area contributed by atoms with Crippen molar-refractivity contribution in [3.8, 4) is 0 Å². The van der Waals surface area contributed by atoms with E-state index in [1.807, 2.05) is 11.6 Å². The van der Waals surface area contributed by atoms with Crippen molar-refractivity contribution in [1.29, 1.82) is 5.41 Å². The quantitative estimate of drug-likeness (QED) is 0.266. The van der Waals surface area contributed by atoms with Crippen LogP contribution in [-0.2, 0) is 0 Å². The Hall–Kier alpha value is -1.37. The van der Waals surface area contributed by atoms with Crippen LogP contribution in [0.2, 0.25) is 0 Å². The van der Waals surface area contributed by atoms with Gasteiger partial charge in [-0.3, -0.25) is 0 Å². The largest absolute Gasteiger partial charge is 0.308 e. The first-order chi connectivity index (χ1) is 13.6. The van der Waals surface area contributed by atoms with Crippen molar-refractivity contribution in [3.05, 3.63) is 48.1 Å². The van der Waals surface area contributed by atoms with Crippen LogP contribution < -0.4 is 0 Å². The highest BCUT2D eigenvalue weighted by molar-refractivity contribution is 5.76. The maximum absolute atomic E-state index is 7.60. The standard InChI is InChI=1S/C27H39N.CH4/c1-4-7-20(18-28)11-10-19(2)25-14-15-26-24-13-12-21-8-5-6-9-22(21)23(24)16-17-27(25,26)3;/h4,7,12,18,22-26,28H,1-2,5-6,8-11,13-17H2,3H3;1H4/b20-7-,28-18?;. The van der Waals surface area contributed by atoms with E-state index in [2.05, 4.69) is 26.2 Å². The summed E-state index contributed by atoms with van der Waals surface area (Å²) in [5.74, 6) is 4.43. The van der Waals surface area contributed by atoms with Crippen molar-refractivity contribution >= 4 is 6.21 Å². The summed E-state index contributed by atoms with van der Waals surface area (Å²) < 4.78 is 0. The monoisotopic (exact) mass is 393 g/mol. The van der Waals surface area contributed by atoms with Gasteiger partial charge in [0.1, 0.15) is 0 Å². The van der Waals surface area contributed by atoms with Crippen molar-refractivity contribution in [2.75, 3.05) is 0 Å². The summed E-state index contributed by atoms with van der Waals surface area (Å²) in [6.07, 6.45) is 22.6. The number of hydrogen-bond donors (Lipinski definition) is 1. The first kappa shape index (κ1) is 22.3. The van der Waals surface area contributed by atoms with Crippen LogP contribution in [-0.4, -0.2) is 6.21 Å². The molecule has 1 nitrogen and oxygen atoms in total. The second kappa shape index (κ2) is 9.19. The Morgan fingerprint density at radius 2 is 2.00 bits per heavy atom. The molecular weight excluding hydrogens is 350 g/mol. The Labute approximate surface area is 180 Å². The molecule has 0 aromatic carbocycles. The molecule has 3 saturated carbocycles. The third-order valence-electron chi connectivity index (χ3n) is 9.11. The molecule has 0 amide bonds. The zero-order valence-corrected chi connectivity index (χ0v) is 17.9. The van der Waals surface area contributed by atoms with Crippen LogP contribution in [0.1, 0.15) is 85.0 Å². The molecule has 1 N–H and O–H groups in total. The molecule has 0 aromatic rings. The van der Waals surface area contributed by atoms with Crippen LogP contribution in [0.5, 0.6) is 0 Å². The molecule has 3 fully saturated rings. The van der Waals surface area contributed by atoms with Gasteiger partial charge >= 0.3 is 0 Å². The van der Waals surface area contributed by atoms with Crippen LogP contribution in [0.15, 0.2) is 48.1 Å². The number of nitrogens with one attached hydrogen (secondary N) is 1. The molecule has 29 heavy (non-hydrogen) atoms. The molecule has 160 valence electrons. The highest BCUT2D eigenvalue weighted by Gasteiger charge is 2.55. The van der Waals surface area contributed by atoms with Crippen LogP contribution >= 0.6 is 0 Å². The lowest BCUT2D eigenvalue weighted by Gasteiger charge is -2.53. The number of hydrogen-bond acceptors (Lipinski definition) is 1. The highest BCUT2D eigenvalue weighted by atomic mass is 14.6. The van der Waals surface area contributed by atoms with Crippen LogP contribution in [0.25, 0.3) is 0 Å². The Bertz CT molecular complexity index is 695. The Kier molecular flexibility index (Phi) is 7.07.